The van der Waals surface area contributed by atoms with Gasteiger partial charge in [-0.05, 0) is 11.1 Å². The Morgan fingerprint density at radius 2 is 1.48 bits per heavy atom. The summed E-state index contributed by atoms with van der Waals surface area (Å²) in [4.78, 5) is 10.9. The van der Waals surface area contributed by atoms with Gasteiger partial charge in [-0.2, -0.15) is 0 Å². The zero-order chi connectivity index (χ0) is 16.1. The summed E-state index contributed by atoms with van der Waals surface area (Å²) in [7, 11) is 0. The lowest BCUT2D eigenvalue weighted by Crippen LogP contribution is -2.01. The molecule has 0 saturated carbocycles. The van der Waals surface area contributed by atoms with Gasteiger partial charge in [-0.15, -0.1) is 0 Å². The van der Waals surface area contributed by atoms with E-state index in [-0.39, 0.29) is 12.3 Å². The second-order valence-corrected chi connectivity index (χ2v) is 5.05. The van der Waals surface area contributed by atoms with Crippen LogP contribution >= 0.6 is 0 Å². The van der Waals surface area contributed by atoms with Gasteiger partial charge < -0.3 is 4.74 Å². The van der Waals surface area contributed by atoms with Crippen molar-refractivity contribution < 1.29 is 9.66 Å². The van der Waals surface area contributed by atoms with Crippen molar-refractivity contribution in [2.24, 2.45) is 0 Å². The van der Waals surface area contributed by atoms with E-state index in [1.165, 1.54) is 6.07 Å². The van der Waals surface area contributed by atoms with Crippen molar-refractivity contribution in [1.29, 1.82) is 0 Å². The molecule has 114 valence electrons. The number of rotatable bonds is 5. The van der Waals surface area contributed by atoms with E-state index >= 15 is 0 Å². The molecule has 0 saturated heterocycles. The Bertz CT molecular complexity index is 801. The van der Waals surface area contributed by atoms with Crippen molar-refractivity contribution in [3.63, 3.8) is 0 Å². The molecule has 23 heavy (non-hydrogen) atoms. The lowest BCUT2D eigenvalue weighted by molar-refractivity contribution is -0.385. The Morgan fingerprint density at radius 1 is 0.826 bits per heavy atom. The highest BCUT2D eigenvalue weighted by atomic mass is 16.6. The first-order valence-corrected chi connectivity index (χ1v) is 7.25. The monoisotopic (exact) mass is 305 g/mol. The molecule has 0 aromatic heterocycles. The van der Waals surface area contributed by atoms with Gasteiger partial charge in [-0.1, -0.05) is 72.8 Å². The molecule has 0 fully saturated rings. The summed E-state index contributed by atoms with van der Waals surface area (Å²) in [6.07, 6.45) is 0. The molecule has 3 rings (SSSR count). The molecule has 0 atom stereocenters. The van der Waals surface area contributed by atoms with E-state index in [9.17, 15) is 10.1 Å². The third kappa shape index (κ3) is 3.37. The number of nitro benzene ring substituents is 1. The van der Waals surface area contributed by atoms with E-state index in [1.807, 2.05) is 66.7 Å². The SMILES string of the molecule is O=[N+]([O-])c1cccc(-c2ccccc2)c1OCc1ccccc1. The van der Waals surface area contributed by atoms with Crippen LogP contribution in [-0.4, -0.2) is 4.92 Å². The minimum Gasteiger partial charge on any atom is -0.482 e. The first kappa shape index (κ1) is 14.8. The maximum Gasteiger partial charge on any atom is 0.311 e. The third-order valence-electron chi connectivity index (χ3n) is 3.50. The van der Waals surface area contributed by atoms with Crippen LogP contribution in [0.2, 0.25) is 0 Å². The summed E-state index contributed by atoms with van der Waals surface area (Å²) in [5, 5.41) is 11.3. The second-order valence-electron chi connectivity index (χ2n) is 5.05. The fraction of sp³-hybridized carbons (Fsp3) is 0.0526. The molecule has 0 aliphatic carbocycles. The quantitative estimate of drug-likeness (QED) is 0.500. The number of para-hydroxylation sites is 1. The highest BCUT2D eigenvalue weighted by Crippen LogP contribution is 2.38. The van der Waals surface area contributed by atoms with Crippen LogP contribution in [0.15, 0.2) is 78.9 Å². The number of nitro groups is 1. The molecule has 0 aliphatic rings. The summed E-state index contributed by atoms with van der Waals surface area (Å²) in [6, 6.07) is 24.1. The molecular weight excluding hydrogens is 290 g/mol. The fourth-order valence-corrected chi connectivity index (χ4v) is 2.40. The zero-order valence-corrected chi connectivity index (χ0v) is 12.4. The van der Waals surface area contributed by atoms with Crippen LogP contribution in [0, 0.1) is 10.1 Å². The van der Waals surface area contributed by atoms with Crippen LogP contribution in [-0.2, 0) is 6.61 Å². The van der Waals surface area contributed by atoms with Gasteiger partial charge in [-0.25, -0.2) is 0 Å². The molecule has 0 spiro atoms. The van der Waals surface area contributed by atoms with Gasteiger partial charge in [0.15, 0.2) is 0 Å². The van der Waals surface area contributed by atoms with Gasteiger partial charge >= 0.3 is 5.69 Å². The number of benzene rings is 3. The molecule has 0 heterocycles. The van der Waals surface area contributed by atoms with Crippen molar-refractivity contribution in [3.8, 4) is 16.9 Å². The standard InChI is InChI=1S/C19H15NO3/c21-20(22)18-13-7-12-17(16-10-5-2-6-11-16)19(18)23-14-15-8-3-1-4-9-15/h1-13H,14H2. The van der Waals surface area contributed by atoms with Crippen LogP contribution in [0.5, 0.6) is 5.75 Å². The fourth-order valence-electron chi connectivity index (χ4n) is 2.40. The van der Waals surface area contributed by atoms with Gasteiger partial charge in [0.25, 0.3) is 0 Å². The average molecular weight is 305 g/mol. The minimum atomic E-state index is -0.410. The average Bonchev–Trinajstić information content (AvgIpc) is 2.61. The van der Waals surface area contributed by atoms with Gasteiger partial charge in [0, 0.05) is 11.6 Å². The van der Waals surface area contributed by atoms with Crippen molar-refractivity contribution in [3.05, 3.63) is 94.5 Å². The summed E-state index contributed by atoms with van der Waals surface area (Å²) in [5.41, 5.74) is 2.54. The van der Waals surface area contributed by atoms with Crippen LogP contribution in [0.25, 0.3) is 11.1 Å². The van der Waals surface area contributed by atoms with Gasteiger partial charge in [-0.3, -0.25) is 10.1 Å². The van der Waals surface area contributed by atoms with Crippen LogP contribution < -0.4 is 4.74 Å². The Labute approximate surface area is 134 Å². The van der Waals surface area contributed by atoms with E-state index in [4.69, 9.17) is 4.74 Å². The number of hydrogen-bond acceptors (Lipinski definition) is 3. The molecule has 0 radical (unpaired) electrons. The van der Waals surface area contributed by atoms with Gasteiger partial charge in [0.1, 0.15) is 6.61 Å². The Hall–Kier alpha value is -3.14. The Kier molecular flexibility index (Phi) is 4.34. The maximum atomic E-state index is 11.3. The van der Waals surface area contributed by atoms with Crippen LogP contribution in [0.4, 0.5) is 5.69 Å². The van der Waals surface area contributed by atoms with E-state index in [2.05, 4.69) is 0 Å². The Morgan fingerprint density at radius 3 is 2.13 bits per heavy atom. The van der Waals surface area contributed by atoms with Crippen molar-refractivity contribution in [2.45, 2.75) is 6.61 Å². The zero-order valence-electron chi connectivity index (χ0n) is 12.4. The van der Waals surface area contributed by atoms with E-state index in [1.54, 1.807) is 6.07 Å². The summed E-state index contributed by atoms with van der Waals surface area (Å²) in [5.74, 6) is 0.299. The predicted molar refractivity (Wildman–Crippen MR) is 89.3 cm³/mol. The molecule has 0 aliphatic heterocycles. The summed E-state index contributed by atoms with van der Waals surface area (Å²) >= 11 is 0. The molecule has 0 amide bonds. The molecular formula is C19H15NO3. The van der Waals surface area contributed by atoms with Gasteiger partial charge in [0.05, 0.1) is 4.92 Å². The van der Waals surface area contributed by atoms with E-state index in [0.717, 1.165) is 16.7 Å². The third-order valence-corrected chi connectivity index (χ3v) is 3.50. The topological polar surface area (TPSA) is 52.4 Å². The first-order chi connectivity index (χ1) is 11.3. The number of nitrogens with zero attached hydrogens (tertiary/aromatic N) is 1. The molecule has 0 bridgehead atoms. The summed E-state index contributed by atoms with van der Waals surface area (Å²) < 4.78 is 5.83. The molecule has 3 aromatic carbocycles. The van der Waals surface area contributed by atoms with E-state index < -0.39 is 4.92 Å². The molecule has 4 nitrogen and oxygen atoms in total. The van der Waals surface area contributed by atoms with Crippen molar-refractivity contribution in [1.82, 2.24) is 0 Å². The maximum absolute atomic E-state index is 11.3. The highest BCUT2D eigenvalue weighted by molar-refractivity contribution is 5.75. The number of ether oxygens (including phenoxy) is 1. The lowest BCUT2D eigenvalue weighted by Gasteiger charge is -2.12. The summed E-state index contributed by atoms with van der Waals surface area (Å²) in [6.45, 7) is 0.283. The Balaban J connectivity index is 2.00. The second kappa shape index (κ2) is 6.75. The lowest BCUT2D eigenvalue weighted by atomic mass is 10.0. The highest BCUT2D eigenvalue weighted by Gasteiger charge is 2.20. The molecule has 3 aromatic rings. The molecule has 0 N–H and O–H groups in total. The predicted octanol–water partition coefficient (Wildman–Crippen LogP) is 4.84. The molecule has 0 unspecified atom stereocenters. The van der Waals surface area contributed by atoms with Crippen molar-refractivity contribution >= 4 is 5.69 Å². The van der Waals surface area contributed by atoms with Crippen LogP contribution in [0.3, 0.4) is 0 Å². The van der Waals surface area contributed by atoms with Crippen molar-refractivity contribution in [2.75, 3.05) is 0 Å². The van der Waals surface area contributed by atoms with Gasteiger partial charge in [0.2, 0.25) is 5.75 Å². The molecule has 4 heteroatoms. The minimum absolute atomic E-state index is 0.0257. The number of hydrogen-bond donors (Lipinski definition) is 0. The van der Waals surface area contributed by atoms with Crippen LogP contribution in [0.1, 0.15) is 5.56 Å². The van der Waals surface area contributed by atoms with E-state index in [0.29, 0.717) is 5.75 Å². The smallest absolute Gasteiger partial charge is 0.311 e. The normalized spacial score (nSPS) is 10.3. The largest absolute Gasteiger partial charge is 0.482 e. The first-order valence-electron chi connectivity index (χ1n) is 7.25.